The largest absolute Gasteiger partial charge is 0.416 e. The molecule has 2 aromatic heterocycles. The molecule has 0 bridgehead atoms. The van der Waals surface area contributed by atoms with Gasteiger partial charge in [-0.3, -0.25) is 4.98 Å². The minimum Gasteiger partial charge on any atom is -0.359 e. The molecule has 0 radical (unpaired) electrons. The van der Waals surface area contributed by atoms with Crippen molar-refractivity contribution in [3.8, 4) is 11.1 Å². The van der Waals surface area contributed by atoms with Crippen LogP contribution in [0.2, 0.25) is 0 Å². The third-order valence-electron chi connectivity index (χ3n) is 4.42. The molecule has 2 heterocycles. The highest BCUT2D eigenvalue weighted by molar-refractivity contribution is 6.00. The molecule has 0 unspecified atom stereocenters. The number of carbonyl (C=O) groups excluding carboxylic acids is 1. The van der Waals surface area contributed by atoms with Crippen LogP contribution in [0.4, 0.5) is 33.7 Å². The number of urea groups is 1. The first kappa shape index (κ1) is 19.4. The molecule has 0 saturated carbocycles. The average molecular weight is 414 g/mol. The third-order valence-corrected chi connectivity index (χ3v) is 4.42. The minimum atomic E-state index is -4.72. The monoisotopic (exact) mass is 414 g/mol. The lowest BCUT2D eigenvalue weighted by atomic mass is 10.1. The first-order valence-corrected chi connectivity index (χ1v) is 8.77. The number of carbonyl (C=O) groups is 1. The molecule has 0 saturated heterocycles. The number of aromatic amines is 1. The van der Waals surface area contributed by atoms with Gasteiger partial charge in [-0.25, -0.2) is 9.18 Å². The van der Waals surface area contributed by atoms with Crippen LogP contribution >= 0.6 is 0 Å². The number of pyridine rings is 1. The number of benzene rings is 2. The smallest absolute Gasteiger partial charge is 0.359 e. The lowest BCUT2D eigenvalue weighted by molar-refractivity contribution is -0.137. The van der Waals surface area contributed by atoms with Crippen molar-refractivity contribution in [1.29, 1.82) is 0 Å². The van der Waals surface area contributed by atoms with Crippen molar-refractivity contribution in [1.82, 2.24) is 9.97 Å². The Morgan fingerprint density at radius 1 is 0.967 bits per heavy atom. The zero-order valence-corrected chi connectivity index (χ0v) is 15.2. The molecule has 30 heavy (non-hydrogen) atoms. The Morgan fingerprint density at radius 2 is 1.70 bits per heavy atom. The number of fused-ring (bicyclic) bond motifs is 1. The van der Waals surface area contributed by atoms with E-state index in [1.807, 2.05) is 12.3 Å². The second kappa shape index (κ2) is 7.51. The topological polar surface area (TPSA) is 69.8 Å². The van der Waals surface area contributed by atoms with E-state index in [9.17, 15) is 22.4 Å². The lowest BCUT2D eigenvalue weighted by Gasteiger charge is -2.11. The Bertz CT molecular complexity index is 1220. The number of anilines is 2. The van der Waals surface area contributed by atoms with Crippen LogP contribution in [-0.2, 0) is 6.18 Å². The quantitative estimate of drug-likeness (QED) is 0.358. The Morgan fingerprint density at radius 3 is 2.43 bits per heavy atom. The highest BCUT2D eigenvalue weighted by atomic mass is 19.4. The van der Waals surface area contributed by atoms with Crippen molar-refractivity contribution in [2.75, 3.05) is 10.6 Å². The molecule has 0 fully saturated rings. The van der Waals surface area contributed by atoms with E-state index >= 15 is 0 Å². The summed E-state index contributed by atoms with van der Waals surface area (Å²) in [6.07, 6.45) is 0.541. The summed E-state index contributed by atoms with van der Waals surface area (Å²) < 4.78 is 51.8. The molecule has 2 aromatic carbocycles. The van der Waals surface area contributed by atoms with E-state index in [4.69, 9.17) is 0 Å². The fourth-order valence-corrected chi connectivity index (χ4v) is 3.06. The van der Waals surface area contributed by atoms with E-state index in [1.165, 1.54) is 0 Å². The maximum Gasteiger partial charge on any atom is 0.416 e. The summed E-state index contributed by atoms with van der Waals surface area (Å²) in [5, 5.41) is 5.71. The molecule has 5 nitrogen and oxygen atoms in total. The van der Waals surface area contributed by atoms with Crippen LogP contribution in [-0.4, -0.2) is 16.0 Å². The van der Waals surface area contributed by atoms with E-state index in [2.05, 4.69) is 20.6 Å². The SMILES string of the molecule is O=C(Nc1ccc(-c2c[nH]c3cnccc23)cc1)Nc1cc(F)cc(C(F)(F)F)c1. The van der Waals surface area contributed by atoms with Crippen LogP contribution in [0.25, 0.3) is 22.0 Å². The van der Waals surface area contributed by atoms with Gasteiger partial charge in [0.2, 0.25) is 0 Å². The number of halogens is 4. The van der Waals surface area contributed by atoms with E-state index in [0.717, 1.165) is 28.1 Å². The lowest BCUT2D eigenvalue weighted by Crippen LogP contribution is -2.20. The fourth-order valence-electron chi connectivity index (χ4n) is 3.06. The second-order valence-corrected chi connectivity index (χ2v) is 6.51. The van der Waals surface area contributed by atoms with Crippen molar-refractivity contribution < 1.29 is 22.4 Å². The van der Waals surface area contributed by atoms with Gasteiger partial charge in [-0.2, -0.15) is 13.2 Å². The minimum absolute atomic E-state index is 0.302. The van der Waals surface area contributed by atoms with Crippen LogP contribution in [0.1, 0.15) is 5.56 Å². The number of H-pyrrole nitrogens is 1. The van der Waals surface area contributed by atoms with Crippen LogP contribution in [0, 0.1) is 5.82 Å². The molecule has 0 aliphatic carbocycles. The van der Waals surface area contributed by atoms with Crippen LogP contribution in [0.5, 0.6) is 0 Å². The first-order chi connectivity index (χ1) is 14.3. The molecule has 2 amide bonds. The number of nitrogens with zero attached hydrogens (tertiary/aromatic N) is 1. The molecule has 0 atom stereocenters. The fraction of sp³-hybridized carbons (Fsp3) is 0.0476. The number of amides is 2. The number of aromatic nitrogens is 2. The molecule has 9 heteroatoms. The maximum atomic E-state index is 13.4. The summed E-state index contributed by atoms with van der Waals surface area (Å²) in [6.45, 7) is 0. The van der Waals surface area contributed by atoms with E-state index in [1.54, 1.807) is 36.7 Å². The highest BCUT2D eigenvalue weighted by Crippen LogP contribution is 2.32. The molecule has 4 rings (SSSR count). The number of alkyl halides is 3. The Balaban J connectivity index is 1.47. The van der Waals surface area contributed by atoms with Crippen molar-refractivity contribution >= 4 is 28.3 Å². The summed E-state index contributed by atoms with van der Waals surface area (Å²) in [4.78, 5) is 19.3. The normalized spacial score (nSPS) is 11.5. The number of hydrogen-bond acceptors (Lipinski definition) is 2. The van der Waals surface area contributed by atoms with Gasteiger partial charge in [0.05, 0.1) is 17.3 Å². The van der Waals surface area contributed by atoms with Crippen LogP contribution in [0.15, 0.2) is 67.1 Å². The number of hydrogen-bond donors (Lipinski definition) is 3. The molecule has 152 valence electrons. The van der Waals surface area contributed by atoms with E-state index in [0.29, 0.717) is 17.8 Å². The van der Waals surface area contributed by atoms with Crippen molar-refractivity contribution in [3.05, 3.63) is 78.5 Å². The highest BCUT2D eigenvalue weighted by Gasteiger charge is 2.31. The Labute approximate surface area is 167 Å². The average Bonchev–Trinajstić information content (AvgIpc) is 3.11. The Kier molecular flexibility index (Phi) is 4.86. The van der Waals surface area contributed by atoms with Crippen LogP contribution < -0.4 is 10.6 Å². The predicted octanol–water partition coefficient (Wildman–Crippen LogP) is 6.03. The zero-order valence-electron chi connectivity index (χ0n) is 15.2. The van der Waals surface area contributed by atoms with Gasteiger partial charge in [0.1, 0.15) is 5.82 Å². The molecular weight excluding hydrogens is 400 g/mol. The van der Waals surface area contributed by atoms with Crippen LogP contribution in [0.3, 0.4) is 0 Å². The summed E-state index contributed by atoms with van der Waals surface area (Å²) in [5.74, 6) is -1.10. The molecule has 3 N–H and O–H groups in total. The molecular formula is C21H14F4N4O. The van der Waals surface area contributed by atoms with Gasteiger partial charge in [0.25, 0.3) is 0 Å². The van der Waals surface area contributed by atoms with E-state index in [-0.39, 0.29) is 5.69 Å². The van der Waals surface area contributed by atoms with E-state index < -0.39 is 23.6 Å². The standard InChI is InChI=1S/C21H14F4N4O/c22-14-7-13(21(23,24)25)8-16(9-14)29-20(30)28-15-3-1-12(2-4-15)18-10-27-19-11-26-6-5-17(18)19/h1-11,27H,(H2,28,29,30). The first-order valence-electron chi connectivity index (χ1n) is 8.77. The van der Waals surface area contributed by atoms with Gasteiger partial charge in [-0.05, 0) is 42.0 Å². The number of nitrogens with one attached hydrogen (secondary N) is 3. The summed E-state index contributed by atoms with van der Waals surface area (Å²) in [7, 11) is 0. The summed E-state index contributed by atoms with van der Waals surface area (Å²) in [5.41, 5.74) is 1.69. The van der Waals surface area contributed by atoms with Gasteiger partial charge in [-0.1, -0.05) is 12.1 Å². The summed E-state index contributed by atoms with van der Waals surface area (Å²) >= 11 is 0. The molecule has 0 spiro atoms. The van der Waals surface area contributed by atoms with Gasteiger partial charge in [-0.15, -0.1) is 0 Å². The summed E-state index contributed by atoms with van der Waals surface area (Å²) in [6, 6.07) is 9.83. The predicted molar refractivity (Wildman–Crippen MR) is 106 cm³/mol. The maximum absolute atomic E-state index is 13.4. The van der Waals surface area contributed by atoms with Gasteiger partial charge >= 0.3 is 12.2 Å². The van der Waals surface area contributed by atoms with Crippen molar-refractivity contribution in [3.63, 3.8) is 0 Å². The molecule has 0 aliphatic rings. The van der Waals surface area contributed by atoms with Crippen molar-refractivity contribution in [2.45, 2.75) is 6.18 Å². The van der Waals surface area contributed by atoms with Gasteiger partial charge in [0, 0.05) is 34.7 Å². The van der Waals surface area contributed by atoms with Gasteiger partial charge in [0.15, 0.2) is 0 Å². The Hall–Kier alpha value is -3.88. The zero-order chi connectivity index (χ0) is 21.3. The number of rotatable bonds is 3. The molecule has 4 aromatic rings. The molecule has 0 aliphatic heterocycles. The second-order valence-electron chi connectivity index (χ2n) is 6.51. The van der Waals surface area contributed by atoms with Gasteiger partial charge < -0.3 is 15.6 Å². The third kappa shape index (κ3) is 4.09. The van der Waals surface area contributed by atoms with Crippen molar-refractivity contribution in [2.24, 2.45) is 0 Å².